The molecule has 6 nitrogen and oxygen atoms in total. The van der Waals surface area contributed by atoms with E-state index in [9.17, 15) is 19.8 Å². The van der Waals surface area contributed by atoms with E-state index in [1.807, 2.05) is 0 Å². The molecule has 2 amide bonds. The van der Waals surface area contributed by atoms with Gasteiger partial charge in [-0.2, -0.15) is 0 Å². The summed E-state index contributed by atoms with van der Waals surface area (Å²) in [6.45, 7) is -0.223. The van der Waals surface area contributed by atoms with Crippen LogP contribution in [0, 0.1) is 0 Å². The standard InChI is InChI=1S/C14H15NO5/c16-8-7-11(17)14(20)9-1-3-10(4-2-9)15-12(18)5-6-13(15)19/h1-6,11,14,16-17,20H,7-8H2. The van der Waals surface area contributed by atoms with E-state index in [1.165, 1.54) is 36.4 Å². The number of nitrogens with zero attached hydrogens (tertiary/aromatic N) is 1. The number of carbonyl (C=O) groups is 2. The fraction of sp³-hybridized carbons (Fsp3) is 0.286. The van der Waals surface area contributed by atoms with Crippen molar-refractivity contribution < 1.29 is 24.9 Å². The molecule has 0 aromatic heterocycles. The lowest BCUT2D eigenvalue weighted by molar-refractivity contribution is -0.119. The molecule has 0 aliphatic carbocycles. The first-order chi connectivity index (χ1) is 9.54. The Balaban J connectivity index is 2.14. The molecule has 0 radical (unpaired) electrons. The third kappa shape index (κ3) is 2.77. The third-order valence-corrected chi connectivity index (χ3v) is 3.09. The number of benzene rings is 1. The molecule has 1 aliphatic rings. The molecular formula is C14H15NO5. The summed E-state index contributed by atoms with van der Waals surface area (Å²) in [5.41, 5.74) is 0.847. The van der Waals surface area contributed by atoms with Crippen molar-refractivity contribution in [3.63, 3.8) is 0 Å². The van der Waals surface area contributed by atoms with E-state index in [4.69, 9.17) is 5.11 Å². The number of aliphatic hydroxyl groups excluding tert-OH is 3. The average Bonchev–Trinajstić information content (AvgIpc) is 2.78. The molecule has 3 N–H and O–H groups in total. The monoisotopic (exact) mass is 277 g/mol. The number of amides is 2. The number of hydrogen-bond donors (Lipinski definition) is 3. The van der Waals surface area contributed by atoms with Gasteiger partial charge in [-0.15, -0.1) is 0 Å². The van der Waals surface area contributed by atoms with Crippen LogP contribution in [-0.2, 0) is 9.59 Å². The minimum absolute atomic E-state index is 0.0654. The summed E-state index contributed by atoms with van der Waals surface area (Å²) in [4.78, 5) is 24.0. The molecule has 2 atom stereocenters. The van der Waals surface area contributed by atoms with E-state index in [2.05, 4.69) is 0 Å². The van der Waals surface area contributed by atoms with Crippen LogP contribution in [0.2, 0.25) is 0 Å². The van der Waals surface area contributed by atoms with E-state index in [-0.39, 0.29) is 13.0 Å². The van der Waals surface area contributed by atoms with E-state index in [0.717, 1.165) is 4.90 Å². The van der Waals surface area contributed by atoms with Crippen molar-refractivity contribution in [1.29, 1.82) is 0 Å². The number of rotatable bonds is 5. The largest absolute Gasteiger partial charge is 0.396 e. The maximum absolute atomic E-state index is 11.5. The van der Waals surface area contributed by atoms with Crippen molar-refractivity contribution in [3.8, 4) is 0 Å². The van der Waals surface area contributed by atoms with E-state index >= 15 is 0 Å². The normalized spacial score (nSPS) is 17.6. The molecule has 0 bridgehead atoms. The van der Waals surface area contributed by atoms with Gasteiger partial charge in [0.25, 0.3) is 11.8 Å². The summed E-state index contributed by atoms with van der Waals surface area (Å²) in [5, 5.41) is 28.2. The highest BCUT2D eigenvalue weighted by Crippen LogP contribution is 2.24. The Bertz CT molecular complexity index is 519. The van der Waals surface area contributed by atoms with Gasteiger partial charge in [-0.05, 0) is 24.1 Å². The molecule has 106 valence electrons. The maximum Gasteiger partial charge on any atom is 0.258 e. The molecule has 1 aromatic rings. The highest BCUT2D eigenvalue weighted by atomic mass is 16.3. The second kappa shape index (κ2) is 5.96. The zero-order valence-corrected chi connectivity index (χ0v) is 10.6. The van der Waals surface area contributed by atoms with Crippen LogP contribution in [0.3, 0.4) is 0 Å². The van der Waals surface area contributed by atoms with Crippen molar-refractivity contribution in [2.45, 2.75) is 18.6 Å². The number of carbonyl (C=O) groups excluding carboxylic acids is 2. The quantitative estimate of drug-likeness (QED) is 0.652. The van der Waals surface area contributed by atoms with Crippen LogP contribution < -0.4 is 4.90 Å². The Kier molecular flexibility index (Phi) is 4.29. The molecule has 0 saturated heterocycles. The molecule has 6 heteroatoms. The van der Waals surface area contributed by atoms with Crippen LogP contribution in [0.15, 0.2) is 36.4 Å². The summed E-state index contributed by atoms with van der Waals surface area (Å²) in [6.07, 6.45) is 0.254. The molecule has 1 heterocycles. The first kappa shape index (κ1) is 14.4. The van der Waals surface area contributed by atoms with Crippen molar-refractivity contribution in [1.82, 2.24) is 0 Å². The average molecular weight is 277 g/mol. The van der Waals surface area contributed by atoms with Gasteiger partial charge in [-0.1, -0.05) is 12.1 Å². The Morgan fingerprint density at radius 1 is 1.00 bits per heavy atom. The summed E-state index contributed by atoms with van der Waals surface area (Å²) >= 11 is 0. The van der Waals surface area contributed by atoms with Gasteiger partial charge in [-0.3, -0.25) is 9.59 Å². The SMILES string of the molecule is O=C1C=CC(=O)N1c1ccc(C(O)C(O)CCO)cc1. The van der Waals surface area contributed by atoms with Crippen LogP contribution >= 0.6 is 0 Å². The molecule has 0 fully saturated rings. The third-order valence-electron chi connectivity index (χ3n) is 3.09. The van der Waals surface area contributed by atoms with Crippen molar-refractivity contribution in [2.75, 3.05) is 11.5 Å². The Morgan fingerprint density at radius 3 is 2.05 bits per heavy atom. The number of aliphatic hydroxyl groups is 3. The predicted octanol–water partition coefficient (Wildman–Crippen LogP) is -0.107. The lowest BCUT2D eigenvalue weighted by atomic mass is 10.0. The maximum atomic E-state index is 11.5. The van der Waals surface area contributed by atoms with Gasteiger partial charge >= 0.3 is 0 Å². The highest BCUT2D eigenvalue weighted by Gasteiger charge is 2.25. The summed E-state index contributed by atoms with van der Waals surface area (Å²) in [6, 6.07) is 6.10. The van der Waals surface area contributed by atoms with Crippen molar-refractivity contribution in [2.24, 2.45) is 0 Å². The fourth-order valence-corrected chi connectivity index (χ4v) is 1.99. The van der Waals surface area contributed by atoms with Crippen LogP contribution in [0.4, 0.5) is 5.69 Å². The number of anilines is 1. The zero-order valence-electron chi connectivity index (χ0n) is 10.6. The predicted molar refractivity (Wildman–Crippen MR) is 70.7 cm³/mol. The lowest BCUT2D eigenvalue weighted by Crippen LogP contribution is -2.29. The summed E-state index contributed by atoms with van der Waals surface area (Å²) < 4.78 is 0. The highest BCUT2D eigenvalue weighted by molar-refractivity contribution is 6.28. The topological polar surface area (TPSA) is 98.1 Å². The van der Waals surface area contributed by atoms with Crippen LogP contribution in [0.25, 0.3) is 0 Å². The molecule has 0 spiro atoms. The van der Waals surface area contributed by atoms with Gasteiger partial charge in [0.05, 0.1) is 11.8 Å². The summed E-state index contributed by atoms with van der Waals surface area (Å²) in [7, 11) is 0. The van der Waals surface area contributed by atoms with Crippen LogP contribution in [-0.4, -0.2) is 39.8 Å². The van der Waals surface area contributed by atoms with Crippen molar-refractivity contribution in [3.05, 3.63) is 42.0 Å². The van der Waals surface area contributed by atoms with E-state index in [1.54, 1.807) is 0 Å². The van der Waals surface area contributed by atoms with Gasteiger partial charge in [0, 0.05) is 18.8 Å². The van der Waals surface area contributed by atoms with Crippen LogP contribution in [0.5, 0.6) is 0 Å². The second-order valence-electron chi connectivity index (χ2n) is 4.46. The van der Waals surface area contributed by atoms with Gasteiger partial charge < -0.3 is 15.3 Å². The van der Waals surface area contributed by atoms with Gasteiger partial charge in [0.2, 0.25) is 0 Å². The van der Waals surface area contributed by atoms with Gasteiger partial charge in [-0.25, -0.2) is 4.90 Å². The smallest absolute Gasteiger partial charge is 0.258 e. The molecule has 0 saturated carbocycles. The van der Waals surface area contributed by atoms with Crippen LogP contribution in [0.1, 0.15) is 18.1 Å². The molecular weight excluding hydrogens is 262 g/mol. The lowest BCUT2D eigenvalue weighted by Gasteiger charge is -2.19. The van der Waals surface area contributed by atoms with Gasteiger partial charge in [0.1, 0.15) is 6.10 Å². The molecule has 2 unspecified atom stereocenters. The zero-order chi connectivity index (χ0) is 14.7. The van der Waals surface area contributed by atoms with Gasteiger partial charge in [0.15, 0.2) is 0 Å². The van der Waals surface area contributed by atoms with Crippen molar-refractivity contribution >= 4 is 17.5 Å². The van der Waals surface area contributed by atoms with E-state index < -0.39 is 24.0 Å². The first-order valence-electron chi connectivity index (χ1n) is 6.17. The number of imide groups is 1. The Morgan fingerprint density at radius 2 is 1.55 bits per heavy atom. The Labute approximate surface area is 115 Å². The second-order valence-corrected chi connectivity index (χ2v) is 4.46. The summed E-state index contributed by atoms with van der Waals surface area (Å²) in [5.74, 6) is -0.827. The Hall–Kier alpha value is -2.02. The minimum Gasteiger partial charge on any atom is -0.396 e. The first-order valence-corrected chi connectivity index (χ1v) is 6.17. The molecule has 20 heavy (non-hydrogen) atoms. The molecule has 1 aromatic carbocycles. The minimum atomic E-state index is -1.13. The fourth-order valence-electron chi connectivity index (χ4n) is 1.99. The number of hydrogen-bond acceptors (Lipinski definition) is 5. The molecule has 2 rings (SSSR count). The molecule has 1 aliphatic heterocycles. The van der Waals surface area contributed by atoms with E-state index in [0.29, 0.717) is 11.3 Å².